The molecule has 0 spiro atoms. The van der Waals surface area contributed by atoms with Crippen molar-refractivity contribution in [2.45, 2.75) is 25.4 Å². The Bertz CT molecular complexity index is 501. The summed E-state index contributed by atoms with van der Waals surface area (Å²) in [5, 5.41) is 3.38. The first-order valence-corrected chi connectivity index (χ1v) is 8.30. The second kappa shape index (κ2) is 5.08. The van der Waals surface area contributed by atoms with Crippen LogP contribution in [0.5, 0.6) is 0 Å². The normalized spacial score (nSPS) is 28.6. The third kappa shape index (κ3) is 3.53. The summed E-state index contributed by atoms with van der Waals surface area (Å²) in [7, 11) is -2.94. The lowest BCUT2D eigenvalue weighted by atomic mass is 10.1. The van der Waals surface area contributed by atoms with Crippen LogP contribution in [0.25, 0.3) is 0 Å². The molecule has 1 aliphatic heterocycles. The van der Waals surface area contributed by atoms with Crippen molar-refractivity contribution in [3.8, 4) is 0 Å². The van der Waals surface area contributed by atoms with Gasteiger partial charge in [0, 0.05) is 16.6 Å². The molecule has 2 atom stereocenters. The van der Waals surface area contributed by atoms with E-state index in [2.05, 4.69) is 21.2 Å². The fraction of sp³-hybridized carbons (Fsp3) is 0.500. The minimum absolute atomic E-state index is 0.102. The highest BCUT2D eigenvalue weighted by Gasteiger charge is 2.26. The predicted octanol–water partition coefficient (Wildman–Crippen LogP) is 2.29. The van der Waals surface area contributed by atoms with Crippen molar-refractivity contribution in [3.63, 3.8) is 0 Å². The molecule has 0 aliphatic carbocycles. The van der Waals surface area contributed by atoms with Gasteiger partial charge in [0.25, 0.3) is 0 Å². The molecule has 2 unspecified atom stereocenters. The minimum Gasteiger partial charge on any atom is -0.307 e. The molecule has 0 saturated carbocycles. The van der Waals surface area contributed by atoms with E-state index in [1.807, 2.05) is 31.2 Å². The van der Waals surface area contributed by atoms with Gasteiger partial charge in [-0.05, 0) is 31.0 Å². The summed E-state index contributed by atoms with van der Waals surface area (Å²) < 4.78 is 24.6. The number of hydrogen-bond acceptors (Lipinski definition) is 3. The van der Waals surface area contributed by atoms with Gasteiger partial charge in [-0.1, -0.05) is 28.1 Å². The van der Waals surface area contributed by atoms with E-state index in [1.165, 1.54) is 0 Å². The van der Waals surface area contributed by atoms with Gasteiger partial charge < -0.3 is 5.32 Å². The average molecular weight is 318 g/mol. The van der Waals surface area contributed by atoms with Crippen LogP contribution in [0.4, 0.5) is 0 Å². The van der Waals surface area contributed by atoms with E-state index in [-0.39, 0.29) is 23.6 Å². The van der Waals surface area contributed by atoms with Crippen molar-refractivity contribution in [1.82, 2.24) is 5.32 Å². The Morgan fingerprint density at radius 2 is 2.18 bits per heavy atom. The second-order valence-corrected chi connectivity index (χ2v) is 7.72. The van der Waals surface area contributed by atoms with E-state index in [1.54, 1.807) is 0 Å². The van der Waals surface area contributed by atoms with Gasteiger partial charge in [-0.15, -0.1) is 0 Å². The SMILES string of the molecule is CC1CCS(=O)(=O)CC(c2cccc(Br)c2)N1. The smallest absolute Gasteiger partial charge is 0.152 e. The van der Waals surface area contributed by atoms with Crippen LogP contribution in [0.3, 0.4) is 0 Å². The monoisotopic (exact) mass is 317 g/mol. The van der Waals surface area contributed by atoms with Crippen LogP contribution < -0.4 is 5.32 Å². The zero-order valence-electron chi connectivity index (χ0n) is 9.69. The first kappa shape index (κ1) is 13.1. The Morgan fingerprint density at radius 3 is 2.88 bits per heavy atom. The summed E-state index contributed by atoms with van der Waals surface area (Å²) in [4.78, 5) is 0. The molecule has 1 N–H and O–H groups in total. The third-order valence-electron chi connectivity index (χ3n) is 3.02. The van der Waals surface area contributed by atoms with Crippen LogP contribution in [0, 0.1) is 0 Å². The van der Waals surface area contributed by atoms with E-state index in [9.17, 15) is 8.42 Å². The fourth-order valence-corrected chi connectivity index (χ4v) is 4.18. The average Bonchev–Trinajstić information content (AvgIpc) is 2.38. The summed E-state index contributed by atoms with van der Waals surface area (Å²) in [5.74, 6) is 0.472. The summed E-state index contributed by atoms with van der Waals surface area (Å²) in [6.45, 7) is 2.03. The zero-order valence-corrected chi connectivity index (χ0v) is 12.1. The molecular formula is C12H16BrNO2S. The maximum atomic E-state index is 11.8. The highest BCUT2D eigenvalue weighted by atomic mass is 79.9. The quantitative estimate of drug-likeness (QED) is 0.864. The first-order chi connectivity index (χ1) is 7.96. The van der Waals surface area contributed by atoms with Crippen molar-refractivity contribution < 1.29 is 8.42 Å². The maximum absolute atomic E-state index is 11.8. The van der Waals surface area contributed by atoms with E-state index in [0.717, 1.165) is 10.0 Å². The highest BCUT2D eigenvalue weighted by molar-refractivity contribution is 9.10. The molecule has 1 heterocycles. The largest absolute Gasteiger partial charge is 0.307 e. The Hall–Kier alpha value is -0.390. The van der Waals surface area contributed by atoms with Crippen LogP contribution in [0.15, 0.2) is 28.7 Å². The summed E-state index contributed by atoms with van der Waals surface area (Å²) >= 11 is 3.41. The molecule has 5 heteroatoms. The van der Waals surface area contributed by atoms with Gasteiger partial charge in [0.15, 0.2) is 9.84 Å². The molecule has 1 aromatic carbocycles. The van der Waals surface area contributed by atoms with E-state index in [4.69, 9.17) is 0 Å². The van der Waals surface area contributed by atoms with Crippen LogP contribution in [0.2, 0.25) is 0 Å². The summed E-state index contributed by atoms with van der Waals surface area (Å²) in [5.41, 5.74) is 1.02. The molecule has 94 valence electrons. The molecule has 1 saturated heterocycles. The molecular weight excluding hydrogens is 302 g/mol. The predicted molar refractivity (Wildman–Crippen MR) is 72.8 cm³/mol. The van der Waals surface area contributed by atoms with E-state index >= 15 is 0 Å². The number of nitrogens with one attached hydrogen (secondary N) is 1. The van der Waals surface area contributed by atoms with Gasteiger partial charge in [0.05, 0.1) is 11.5 Å². The number of hydrogen-bond donors (Lipinski definition) is 1. The zero-order chi connectivity index (χ0) is 12.5. The molecule has 0 bridgehead atoms. The fourth-order valence-electron chi connectivity index (χ4n) is 2.08. The maximum Gasteiger partial charge on any atom is 0.152 e. The Morgan fingerprint density at radius 1 is 1.41 bits per heavy atom. The van der Waals surface area contributed by atoms with Crippen molar-refractivity contribution in [1.29, 1.82) is 0 Å². The lowest BCUT2D eigenvalue weighted by Gasteiger charge is -2.19. The number of benzene rings is 1. The molecule has 17 heavy (non-hydrogen) atoms. The Labute approximate surface area is 111 Å². The van der Waals surface area contributed by atoms with E-state index in [0.29, 0.717) is 6.42 Å². The standard InChI is InChI=1S/C12H16BrNO2S/c1-9-5-6-17(15,16)8-12(14-9)10-3-2-4-11(13)7-10/h2-4,7,9,12,14H,5-6,8H2,1H3. The molecule has 1 fully saturated rings. The summed E-state index contributed by atoms with van der Waals surface area (Å²) in [6, 6.07) is 7.95. The van der Waals surface area contributed by atoms with Crippen molar-refractivity contribution in [3.05, 3.63) is 34.3 Å². The molecule has 0 radical (unpaired) electrons. The number of halogens is 1. The Kier molecular flexibility index (Phi) is 3.90. The minimum atomic E-state index is -2.94. The van der Waals surface area contributed by atoms with Crippen LogP contribution >= 0.6 is 15.9 Å². The second-order valence-electron chi connectivity index (χ2n) is 4.58. The van der Waals surface area contributed by atoms with Gasteiger partial charge in [-0.2, -0.15) is 0 Å². The molecule has 3 nitrogen and oxygen atoms in total. The van der Waals surface area contributed by atoms with Gasteiger partial charge in [0.2, 0.25) is 0 Å². The number of rotatable bonds is 1. The highest BCUT2D eigenvalue weighted by Crippen LogP contribution is 2.23. The Balaban J connectivity index is 2.30. The van der Waals surface area contributed by atoms with Crippen LogP contribution in [-0.4, -0.2) is 26.0 Å². The molecule has 2 rings (SSSR count). The lowest BCUT2D eigenvalue weighted by molar-refractivity contribution is 0.484. The molecule has 0 aromatic heterocycles. The molecule has 1 aromatic rings. The van der Waals surface area contributed by atoms with Gasteiger partial charge >= 0.3 is 0 Å². The first-order valence-electron chi connectivity index (χ1n) is 5.68. The van der Waals surface area contributed by atoms with Crippen molar-refractivity contribution in [2.24, 2.45) is 0 Å². The molecule has 1 aliphatic rings. The molecule has 0 amide bonds. The van der Waals surface area contributed by atoms with Crippen molar-refractivity contribution >= 4 is 25.8 Å². The van der Waals surface area contributed by atoms with E-state index < -0.39 is 9.84 Å². The van der Waals surface area contributed by atoms with Crippen LogP contribution in [0.1, 0.15) is 24.9 Å². The van der Waals surface area contributed by atoms with Crippen molar-refractivity contribution in [2.75, 3.05) is 11.5 Å². The van der Waals surface area contributed by atoms with Gasteiger partial charge in [0.1, 0.15) is 0 Å². The lowest BCUT2D eigenvalue weighted by Crippen LogP contribution is -2.30. The number of sulfone groups is 1. The van der Waals surface area contributed by atoms with Crippen LogP contribution in [-0.2, 0) is 9.84 Å². The summed E-state index contributed by atoms with van der Waals surface area (Å²) in [6.07, 6.45) is 0.687. The third-order valence-corrected chi connectivity index (χ3v) is 5.21. The van der Waals surface area contributed by atoms with Gasteiger partial charge in [-0.25, -0.2) is 8.42 Å². The van der Waals surface area contributed by atoms with Gasteiger partial charge in [-0.3, -0.25) is 0 Å². The topological polar surface area (TPSA) is 46.2 Å².